The lowest BCUT2D eigenvalue weighted by molar-refractivity contribution is -0.118. The Balaban J connectivity index is 2.12. The lowest BCUT2D eigenvalue weighted by atomic mass is 9.66. The highest BCUT2D eigenvalue weighted by Gasteiger charge is 2.46. The van der Waals surface area contributed by atoms with Gasteiger partial charge >= 0.3 is 0 Å². The fourth-order valence-corrected chi connectivity index (χ4v) is 4.76. The number of hydrogen-bond donors (Lipinski definition) is 3. The number of thiophene rings is 1. The zero-order valence-corrected chi connectivity index (χ0v) is 14.4. The van der Waals surface area contributed by atoms with Crippen molar-refractivity contribution >= 4 is 33.9 Å². The van der Waals surface area contributed by atoms with Gasteiger partial charge in [0, 0.05) is 6.42 Å². The van der Waals surface area contributed by atoms with Crippen LogP contribution in [0.2, 0.25) is 0 Å². The third-order valence-corrected chi connectivity index (χ3v) is 5.91. The zero-order chi connectivity index (χ0) is 18.2. The number of rotatable bonds is 5. The molecule has 1 aliphatic carbocycles. The summed E-state index contributed by atoms with van der Waals surface area (Å²) in [5, 5.41) is 0.268. The highest BCUT2D eigenvalue weighted by atomic mass is 32.1. The van der Waals surface area contributed by atoms with Crippen molar-refractivity contribution in [3.05, 3.63) is 51.9 Å². The molecule has 0 aliphatic heterocycles. The number of carbonyl (C=O) groups is 3. The van der Waals surface area contributed by atoms with Crippen LogP contribution in [0.25, 0.3) is 0 Å². The number of benzene rings is 1. The average molecular weight is 357 g/mol. The Morgan fingerprint density at radius 3 is 2.44 bits per heavy atom. The number of fused-ring (bicyclic) bond motifs is 1. The van der Waals surface area contributed by atoms with Crippen LogP contribution < -0.4 is 17.2 Å². The Morgan fingerprint density at radius 2 is 1.84 bits per heavy atom. The van der Waals surface area contributed by atoms with E-state index in [1.165, 1.54) is 0 Å². The topological polar surface area (TPSA) is 129 Å². The molecule has 1 aliphatic rings. The Hall–Kier alpha value is -2.67. The predicted octanol–water partition coefficient (Wildman–Crippen LogP) is 1.76. The molecule has 6 nitrogen and oxygen atoms in total. The second kappa shape index (κ2) is 6.33. The van der Waals surface area contributed by atoms with Crippen molar-refractivity contribution in [1.29, 1.82) is 0 Å². The van der Waals surface area contributed by atoms with E-state index in [0.29, 0.717) is 29.7 Å². The summed E-state index contributed by atoms with van der Waals surface area (Å²) in [5.74, 6) is -1.19. The summed E-state index contributed by atoms with van der Waals surface area (Å²) >= 11 is 1.10. The van der Waals surface area contributed by atoms with Gasteiger partial charge < -0.3 is 17.2 Å². The van der Waals surface area contributed by atoms with E-state index in [4.69, 9.17) is 17.2 Å². The molecule has 0 saturated carbocycles. The van der Waals surface area contributed by atoms with E-state index in [2.05, 4.69) is 0 Å². The molecule has 7 heteroatoms. The predicted molar refractivity (Wildman–Crippen MR) is 96.4 cm³/mol. The minimum atomic E-state index is -0.838. The first-order valence-corrected chi connectivity index (χ1v) is 8.78. The highest BCUT2D eigenvalue weighted by molar-refractivity contribution is 7.18. The monoisotopic (exact) mass is 357 g/mol. The second-order valence-corrected chi connectivity index (χ2v) is 7.31. The van der Waals surface area contributed by atoms with Crippen LogP contribution in [0.1, 0.15) is 50.4 Å². The Labute approximate surface area is 149 Å². The van der Waals surface area contributed by atoms with E-state index in [1.807, 2.05) is 30.3 Å². The number of nitrogen functional groups attached to an aromatic ring is 1. The average Bonchev–Trinajstić information content (AvgIpc) is 2.92. The molecular formula is C18H19N3O3S. The largest absolute Gasteiger partial charge is 0.390 e. The molecule has 0 saturated heterocycles. The number of anilines is 1. The van der Waals surface area contributed by atoms with Gasteiger partial charge in [0.2, 0.25) is 5.91 Å². The van der Waals surface area contributed by atoms with Gasteiger partial charge in [0.1, 0.15) is 0 Å². The number of Topliss-reactive ketones (excluding diaryl/α,β-unsaturated/α-hetero) is 1. The summed E-state index contributed by atoms with van der Waals surface area (Å²) in [6, 6.07) is 9.37. The van der Waals surface area contributed by atoms with E-state index < -0.39 is 17.2 Å². The van der Waals surface area contributed by atoms with Crippen LogP contribution in [0.5, 0.6) is 0 Å². The second-order valence-electron chi connectivity index (χ2n) is 6.26. The minimum Gasteiger partial charge on any atom is -0.390 e. The van der Waals surface area contributed by atoms with E-state index in [9.17, 15) is 14.4 Å². The van der Waals surface area contributed by atoms with Crippen LogP contribution in [-0.2, 0) is 16.6 Å². The summed E-state index contributed by atoms with van der Waals surface area (Å²) in [4.78, 5) is 36.9. The molecule has 6 N–H and O–H groups in total. The maximum absolute atomic E-state index is 13.4. The molecule has 0 fully saturated rings. The molecule has 1 aromatic carbocycles. The molecular weight excluding hydrogens is 338 g/mol. The van der Waals surface area contributed by atoms with Crippen LogP contribution in [0.3, 0.4) is 0 Å². The Bertz CT molecular complexity index is 860. The van der Waals surface area contributed by atoms with Gasteiger partial charge in [0.05, 0.1) is 20.9 Å². The fourth-order valence-electron chi connectivity index (χ4n) is 3.60. The normalized spacial score (nSPS) is 19.4. The number of hydrogen-bond acceptors (Lipinski definition) is 5. The number of ketones is 1. The smallest absolute Gasteiger partial charge is 0.251 e. The fraction of sp³-hybridized carbons (Fsp3) is 0.278. The third kappa shape index (κ3) is 2.80. The van der Waals surface area contributed by atoms with Crippen molar-refractivity contribution in [2.45, 2.75) is 31.1 Å². The summed E-state index contributed by atoms with van der Waals surface area (Å²) in [6.45, 7) is 0. The number of nitrogens with two attached hydrogens (primary N) is 3. The molecule has 1 aromatic heterocycles. The molecule has 130 valence electrons. The molecule has 3 rings (SSSR count). The first kappa shape index (κ1) is 17.2. The van der Waals surface area contributed by atoms with E-state index in [1.54, 1.807) is 0 Å². The minimum absolute atomic E-state index is 0.111. The van der Waals surface area contributed by atoms with Crippen molar-refractivity contribution in [1.82, 2.24) is 0 Å². The standard InChI is InChI=1S/C18H19N3O3S/c19-12(22)7-9-18(10-4-2-1-3-5-10)8-6-11-13(16(20)24)17(21)25-14(11)15(18)23/h1-5H,6-9,21H2,(H2,19,22)(H2,20,24)/t18-/m0/s1. The lowest BCUT2D eigenvalue weighted by Gasteiger charge is -2.36. The van der Waals surface area contributed by atoms with Gasteiger partial charge in [-0.25, -0.2) is 0 Å². The maximum atomic E-state index is 13.4. The maximum Gasteiger partial charge on any atom is 0.251 e. The molecule has 0 unspecified atom stereocenters. The van der Waals surface area contributed by atoms with Gasteiger partial charge in [0.15, 0.2) is 5.78 Å². The quantitative estimate of drug-likeness (QED) is 0.753. The Kier molecular flexibility index (Phi) is 4.34. The molecule has 0 bridgehead atoms. The number of carbonyl (C=O) groups excluding carboxylic acids is 3. The zero-order valence-electron chi connectivity index (χ0n) is 13.6. The molecule has 25 heavy (non-hydrogen) atoms. The molecule has 1 heterocycles. The van der Waals surface area contributed by atoms with Crippen LogP contribution in [0.15, 0.2) is 30.3 Å². The molecule has 2 aromatic rings. The third-order valence-electron chi connectivity index (χ3n) is 4.85. The van der Waals surface area contributed by atoms with Crippen molar-refractivity contribution in [3.8, 4) is 0 Å². The Morgan fingerprint density at radius 1 is 1.16 bits per heavy atom. The summed E-state index contributed by atoms with van der Waals surface area (Å²) < 4.78 is 0. The first-order valence-electron chi connectivity index (χ1n) is 7.96. The van der Waals surface area contributed by atoms with E-state index in [-0.39, 0.29) is 22.8 Å². The molecule has 2 amide bonds. The van der Waals surface area contributed by atoms with E-state index >= 15 is 0 Å². The van der Waals surface area contributed by atoms with Gasteiger partial charge in [0.25, 0.3) is 5.91 Å². The van der Waals surface area contributed by atoms with Gasteiger partial charge in [-0.1, -0.05) is 30.3 Å². The van der Waals surface area contributed by atoms with Crippen molar-refractivity contribution in [2.24, 2.45) is 11.5 Å². The summed E-state index contributed by atoms with van der Waals surface area (Å²) in [5.41, 5.74) is 17.6. The highest BCUT2D eigenvalue weighted by Crippen LogP contribution is 2.46. The number of amides is 2. The van der Waals surface area contributed by atoms with E-state index in [0.717, 1.165) is 16.9 Å². The molecule has 1 atom stereocenters. The van der Waals surface area contributed by atoms with Gasteiger partial charge in [-0.2, -0.15) is 0 Å². The van der Waals surface area contributed by atoms with Crippen LogP contribution in [0.4, 0.5) is 5.00 Å². The summed E-state index contributed by atoms with van der Waals surface area (Å²) in [6.07, 6.45) is 1.42. The number of primary amides is 2. The van der Waals surface area contributed by atoms with Crippen molar-refractivity contribution < 1.29 is 14.4 Å². The van der Waals surface area contributed by atoms with Gasteiger partial charge in [-0.05, 0) is 30.4 Å². The molecule has 0 spiro atoms. The summed E-state index contributed by atoms with van der Waals surface area (Å²) in [7, 11) is 0. The lowest BCUT2D eigenvalue weighted by Crippen LogP contribution is -2.40. The van der Waals surface area contributed by atoms with Crippen LogP contribution >= 0.6 is 11.3 Å². The van der Waals surface area contributed by atoms with Gasteiger partial charge in [-0.3, -0.25) is 14.4 Å². The van der Waals surface area contributed by atoms with Crippen molar-refractivity contribution in [3.63, 3.8) is 0 Å². The SMILES string of the molecule is NC(=O)CC[C@]1(c2ccccc2)CCc2c(sc(N)c2C(N)=O)C1=O. The first-order chi connectivity index (χ1) is 11.9. The van der Waals surface area contributed by atoms with Crippen LogP contribution in [-0.4, -0.2) is 17.6 Å². The molecule has 0 radical (unpaired) electrons. The van der Waals surface area contributed by atoms with Crippen molar-refractivity contribution in [2.75, 3.05) is 5.73 Å². The van der Waals surface area contributed by atoms with Gasteiger partial charge in [-0.15, -0.1) is 11.3 Å². The van der Waals surface area contributed by atoms with Crippen LogP contribution in [0, 0.1) is 0 Å².